The van der Waals surface area contributed by atoms with Crippen LogP contribution >= 0.6 is 27.5 Å². The molecule has 34 heavy (non-hydrogen) atoms. The SMILES string of the molecule is CN(C)C1CCN(c2nc(N3CCN(C(=O)OC(C)(C)C)CC3)c3cc(Cl)c(Br)c(F)c3n2)C1. The number of fused-ring (bicyclic) bond motifs is 1. The summed E-state index contributed by atoms with van der Waals surface area (Å²) in [5, 5.41) is 0.826. The van der Waals surface area contributed by atoms with Gasteiger partial charge in [0.1, 0.15) is 16.9 Å². The summed E-state index contributed by atoms with van der Waals surface area (Å²) in [6.45, 7) is 9.18. The van der Waals surface area contributed by atoms with Crippen LogP contribution in [0.4, 0.5) is 21.0 Å². The highest BCUT2D eigenvalue weighted by molar-refractivity contribution is 9.10. The van der Waals surface area contributed by atoms with Crippen LogP contribution in [0.25, 0.3) is 10.9 Å². The number of nitrogens with zero attached hydrogens (tertiary/aromatic N) is 6. The van der Waals surface area contributed by atoms with E-state index in [1.807, 2.05) is 20.8 Å². The van der Waals surface area contributed by atoms with Crippen molar-refractivity contribution in [3.63, 3.8) is 0 Å². The van der Waals surface area contributed by atoms with E-state index in [0.29, 0.717) is 49.4 Å². The van der Waals surface area contributed by atoms with Gasteiger partial charge in [-0.25, -0.2) is 14.2 Å². The van der Waals surface area contributed by atoms with Gasteiger partial charge < -0.3 is 24.3 Å². The fourth-order valence-corrected chi connectivity index (χ4v) is 4.79. The number of piperazine rings is 1. The molecule has 4 rings (SSSR count). The number of hydrogen-bond acceptors (Lipinski definition) is 7. The Kier molecular flexibility index (Phi) is 7.13. The molecular formula is C23H31BrClFN6O2. The molecule has 2 aliphatic heterocycles. The van der Waals surface area contributed by atoms with E-state index in [2.05, 4.69) is 49.7 Å². The molecule has 1 atom stereocenters. The molecule has 1 aromatic heterocycles. The predicted molar refractivity (Wildman–Crippen MR) is 137 cm³/mol. The summed E-state index contributed by atoms with van der Waals surface area (Å²) in [7, 11) is 4.12. The molecule has 1 unspecified atom stereocenters. The highest BCUT2D eigenvalue weighted by Crippen LogP contribution is 2.37. The maximum absolute atomic E-state index is 15.3. The summed E-state index contributed by atoms with van der Waals surface area (Å²) >= 11 is 9.55. The average molecular weight is 558 g/mol. The van der Waals surface area contributed by atoms with E-state index < -0.39 is 11.4 Å². The lowest BCUT2D eigenvalue weighted by atomic mass is 10.2. The Morgan fingerprint density at radius 2 is 1.85 bits per heavy atom. The van der Waals surface area contributed by atoms with Gasteiger partial charge in [0.25, 0.3) is 0 Å². The number of ether oxygens (including phenoxy) is 1. The molecule has 0 bridgehead atoms. The zero-order valence-corrected chi connectivity index (χ0v) is 22.6. The topological polar surface area (TPSA) is 65.0 Å². The van der Waals surface area contributed by atoms with E-state index in [1.54, 1.807) is 11.0 Å². The lowest BCUT2D eigenvalue weighted by molar-refractivity contribution is 0.0240. The Labute approximate surface area is 213 Å². The van der Waals surface area contributed by atoms with Crippen LogP contribution in [0.5, 0.6) is 0 Å². The van der Waals surface area contributed by atoms with Crippen molar-refractivity contribution < 1.29 is 13.9 Å². The van der Waals surface area contributed by atoms with E-state index in [9.17, 15) is 4.79 Å². The van der Waals surface area contributed by atoms with E-state index in [-0.39, 0.29) is 21.1 Å². The van der Waals surface area contributed by atoms with Crippen molar-refractivity contribution in [1.82, 2.24) is 19.8 Å². The zero-order chi connectivity index (χ0) is 24.8. The quantitative estimate of drug-likeness (QED) is 0.519. The Balaban J connectivity index is 1.66. The summed E-state index contributed by atoms with van der Waals surface area (Å²) in [4.78, 5) is 30.0. The molecule has 3 heterocycles. The number of amides is 1. The number of aromatic nitrogens is 2. The van der Waals surface area contributed by atoms with Gasteiger partial charge in [-0.2, -0.15) is 4.98 Å². The predicted octanol–water partition coefficient (Wildman–Crippen LogP) is 4.38. The molecule has 0 N–H and O–H groups in total. The second kappa shape index (κ2) is 9.62. The molecule has 0 radical (unpaired) electrons. The normalized spacial score (nSPS) is 19.4. The molecule has 2 fully saturated rings. The first kappa shape index (κ1) is 25.2. The summed E-state index contributed by atoms with van der Waals surface area (Å²) in [6, 6.07) is 2.10. The van der Waals surface area contributed by atoms with Gasteiger partial charge in [0.2, 0.25) is 5.95 Å². The largest absolute Gasteiger partial charge is 0.444 e. The Morgan fingerprint density at radius 1 is 1.18 bits per heavy atom. The fraction of sp³-hybridized carbons (Fsp3) is 0.609. The Bertz CT molecular complexity index is 1090. The molecule has 11 heteroatoms. The van der Waals surface area contributed by atoms with Crippen LogP contribution in [0, 0.1) is 5.82 Å². The monoisotopic (exact) mass is 556 g/mol. The minimum atomic E-state index is -0.548. The highest BCUT2D eigenvalue weighted by atomic mass is 79.9. The molecule has 1 amide bonds. The molecule has 0 saturated carbocycles. The Morgan fingerprint density at radius 3 is 2.44 bits per heavy atom. The van der Waals surface area contributed by atoms with Crippen LogP contribution < -0.4 is 9.80 Å². The van der Waals surface area contributed by atoms with Gasteiger partial charge in [-0.1, -0.05) is 11.6 Å². The van der Waals surface area contributed by atoms with Crippen molar-refractivity contribution in [3.8, 4) is 0 Å². The molecule has 2 saturated heterocycles. The number of rotatable bonds is 3. The van der Waals surface area contributed by atoms with Crippen molar-refractivity contribution in [3.05, 3.63) is 21.4 Å². The van der Waals surface area contributed by atoms with Crippen molar-refractivity contribution >= 4 is 56.3 Å². The number of carbonyl (C=O) groups excluding carboxylic acids is 1. The summed E-state index contributed by atoms with van der Waals surface area (Å²) in [6.07, 6.45) is 0.663. The van der Waals surface area contributed by atoms with E-state index in [1.165, 1.54) is 0 Å². The second-order valence-corrected chi connectivity index (χ2v) is 11.2. The molecule has 1 aromatic carbocycles. The molecular weight excluding hydrogens is 527 g/mol. The van der Waals surface area contributed by atoms with Crippen LogP contribution in [0.2, 0.25) is 5.02 Å². The third-order valence-corrected chi connectivity index (χ3v) is 7.50. The van der Waals surface area contributed by atoms with Gasteiger partial charge in [-0.05, 0) is 63.3 Å². The number of carbonyl (C=O) groups is 1. The van der Waals surface area contributed by atoms with E-state index >= 15 is 4.39 Å². The maximum atomic E-state index is 15.3. The van der Waals surface area contributed by atoms with Crippen LogP contribution in [0.15, 0.2) is 10.5 Å². The smallest absolute Gasteiger partial charge is 0.410 e. The summed E-state index contributed by atoms with van der Waals surface area (Å²) in [5.41, 5.74) is -0.313. The van der Waals surface area contributed by atoms with Crippen molar-refractivity contribution in [2.45, 2.75) is 38.8 Å². The first-order chi connectivity index (χ1) is 15.9. The van der Waals surface area contributed by atoms with Gasteiger partial charge in [-0.15, -0.1) is 0 Å². The minimum absolute atomic E-state index is 0.194. The Hall–Kier alpha value is -1.91. The van der Waals surface area contributed by atoms with Gasteiger partial charge in [0, 0.05) is 50.7 Å². The first-order valence-corrected chi connectivity index (χ1v) is 12.6. The van der Waals surface area contributed by atoms with Gasteiger partial charge in [-0.3, -0.25) is 0 Å². The lowest BCUT2D eigenvalue weighted by Gasteiger charge is -2.36. The molecule has 0 aliphatic carbocycles. The van der Waals surface area contributed by atoms with E-state index in [4.69, 9.17) is 21.3 Å². The highest BCUT2D eigenvalue weighted by Gasteiger charge is 2.31. The van der Waals surface area contributed by atoms with Crippen LogP contribution in [-0.2, 0) is 4.74 Å². The molecule has 0 spiro atoms. The average Bonchev–Trinajstić information content (AvgIpc) is 3.27. The maximum Gasteiger partial charge on any atom is 0.410 e. The van der Waals surface area contributed by atoms with Gasteiger partial charge >= 0.3 is 6.09 Å². The number of halogens is 3. The second-order valence-electron chi connectivity index (χ2n) is 10.0. The number of likely N-dealkylation sites (N-methyl/N-ethyl adjacent to an activating group) is 1. The van der Waals surface area contributed by atoms with Crippen LogP contribution in [0.3, 0.4) is 0 Å². The third-order valence-electron chi connectivity index (χ3n) is 6.20. The summed E-state index contributed by atoms with van der Waals surface area (Å²) < 4.78 is 21.0. The molecule has 186 valence electrons. The van der Waals surface area contributed by atoms with Gasteiger partial charge in [0.05, 0.1) is 9.50 Å². The number of benzene rings is 1. The third kappa shape index (κ3) is 5.18. The van der Waals surface area contributed by atoms with Crippen molar-refractivity contribution in [2.24, 2.45) is 0 Å². The van der Waals surface area contributed by atoms with Crippen LogP contribution in [0.1, 0.15) is 27.2 Å². The lowest BCUT2D eigenvalue weighted by Crippen LogP contribution is -2.50. The number of hydrogen-bond donors (Lipinski definition) is 0. The zero-order valence-electron chi connectivity index (χ0n) is 20.2. The molecule has 2 aliphatic rings. The van der Waals surface area contributed by atoms with Crippen LogP contribution in [-0.4, -0.2) is 90.9 Å². The standard InChI is InChI=1S/C23H31BrClFN6O2/c1-23(2,3)34-22(33)31-10-8-30(9-11-31)20-15-12-16(25)17(24)18(26)19(15)27-21(28-20)32-7-6-14(13-32)29(4)5/h12,14H,6-11,13H2,1-5H3. The van der Waals surface area contributed by atoms with Crippen molar-refractivity contribution in [2.75, 3.05) is 63.2 Å². The fourth-order valence-electron chi connectivity index (χ4n) is 4.30. The summed E-state index contributed by atoms with van der Waals surface area (Å²) in [5.74, 6) is 0.642. The van der Waals surface area contributed by atoms with Gasteiger partial charge in [0.15, 0.2) is 5.82 Å². The number of anilines is 2. The van der Waals surface area contributed by atoms with E-state index in [0.717, 1.165) is 19.5 Å². The van der Waals surface area contributed by atoms with Crippen molar-refractivity contribution in [1.29, 1.82) is 0 Å². The molecule has 2 aromatic rings. The molecule has 8 nitrogen and oxygen atoms in total. The first-order valence-electron chi connectivity index (χ1n) is 11.4. The minimum Gasteiger partial charge on any atom is -0.444 e.